The normalized spacial score (nSPS) is 25.0. The van der Waals surface area contributed by atoms with Gasteiger partial charge in [-0.15, -0.1) is 0 Å². The van der Waals surface area contributed by atoms with Crippen molar-refractivity contribution >= 4 is 11.8 Å². The number of nitrogens with one attached hydrogen (secondary N) is 1. The molecular formula is C27H31F2N3O3. The Labute approximate surface area is 204 Å². The molecule has 2 aromatic carbocycles. The van der Waals surface area contributed by atoms with Crippen LogP contribution in [0.3, 0.4) is 0 Å². The van der Waals surface area contributed by atoms with Gasteiger partial charge in [0.15, 0.2) is 0 Å². The summed E-state index contributed by atoms with van der Waals surface area (Å²) in [5.41, 5.74) is 0.626. The van der Waals surface area contributed by atoms with Gasteiger partial charge in [-0.3, -0.25) is 9.59 Å². The zero-order chi connectivity index (χ0) is 24.4. The molecule has 0 aliphatic carbocycles. The molecular weight excluding hydrogens is 452 g/mol. The Hall–Kier alpha value is -2.84. The summed E-state index contributed by atoms with van der Waals surface area (Å²) in [6.45, 7) is 4.62. The van der Waals surface area contributed by atoms with E-state index in [-0.39, 0.29) is 29.7 Å². The molecule has 8 heteroatoms. The van der Waals surface area contributed by atoms with E-state index in [0.29, 0.717) is 26.3 Å². The van der Waals surface area contributed by atoms with E-state index in [4.69, 9.17) is 4.74 Å². The first kappa shape index (κ1) is 23.9. The lowest BCUT2D eigenvalue weighted by molar-refractivity contribution is -0.125. The number of nitrogens with zero attached hydrogens (tertiary/aromatic N) is 2. The molecule has 35 heavy (non-hydrogen) atoms. The van der Waals surface area contributed by atoms with E-state index < -0.39 is 23.1 Å². The van der Waals surface area contributed by atoms with Gasteiger partial charge < -0.3 is 19.9 Å². The first-order valence-electron chi connectivity index (χ1n) is 12.4. The van der Waals surface area contributed by atoms with Gasteiger partial charge in [0.05, 0.1) is 18.6 Å². The van der Waals surface area contributed by atoms with Gasteiger partial charge >= 0.3 is 0 Å². The van der Waals surface area contributed by atoms with Gasteiger partial charge in [0.25, 0.3) is 5.91 Å². The Morgan fingerprint density at radius 1 is 0.971 bits per heavy atom. The highest BCUT2D eigenvalue weighted by molar-refractivity contribution is 5.95. The average Bonchev–Trinajstić information content (AvgIpc) is 3.59. The van der Waals surface area contributed by atoms with Crippen LogP contribution in [0.15, 0.2) is 48.5 Å². The number of halogens is 2. The zero-order valence-corrected chi connectivity index (χ0v) is 19.7. The van der Waals surface area contributed by atoms with Crippen molar-refractivity contribution < 1.29 is 23.1 Å². The van der Waals surface area contributed by atoms with E-state index in [2.05, 4.69) is 10.2 Å². The molecule has 186 valence electrons. The fourth-order valence-corrected chi connectivity index (χ4v) is 5.65. The van der Waals surface area contributed by atoms with Gasteiger partial charge in [-0.2, -0.15) is 0 Å². The number of amides is 2. The first-order valence-corrected chi connectivity index (χ1v) is 12.4. The lowest BCUT2D eigenvalue weighted by Gasteiger charge is -2.25. The maximum Gasteiger partial charge on any atom is 0.259 e. The second kappa shape index (κ2) is 10.4. The fourth-order valence-electron chi connectivity index (χ4n) is 5.65. The predicted octanol–water partition coefficient (Wildman–Crippen LogP) is 3.25. The van der Waals surface area contributed by atoms with Crippen LogP contribution in [0.2, 0.25) is 0 Å². The molecule has 3 aliphatic rings. The largest absolute Gasteiger partial charge is 0.381 e. The number of fused-ring (bicyclic) bond motifs is 1. The third-order valence-corrected chi connectivity index (χ3v) is 7.58. The van der Waals surface area contributed by atoms with Crippen LogP contribution >= 0.6 is 0 Å². The molecule has 2 amide bonds. The van der Waals surface area contributed by atoms with Crippen molar-refractivity contribution in [3.63, 3.8) is 0 Å². The summed E-state index contributed by atoms with van der Waals surface area (Å²) in [5.74, 6) is -1.66. The SMILES string of the molecule is O=C(NC(CCN1CC2CN(C(=O)c3c(F)cccc3F)C[C@@H]2C1)c1ccccc1)C1CCOC1. The van der Waals surface area contributed by atoms with Gasteiger partial charge in [0, 0.05) is 39.3 Å². The summed E-state index contributed by atoms with van der Waals surface area (Å²) < 4.78 is 33.5. The van der Waals surface area contributed by atoms with Crippen LogP contribution in [0.5, 0.6) is 0 Å². The van der Waals surface area contributed by atoms with Crippen molar-refractivity contribution in [1.29, 1.82) is 0 Å². The number of hydrogen-bond donors (Lipinski definition) is 1. The highest BCUT2D eigenvalue weighted by Gasteiger charge is 2.42. The Balaban J connectivity index is 1.17. The van der Waals surface area contributed by atoms with Crippen molar-refractivity contribution in [1.82, 2.24) is 15.1 Å². The third-order valence-electron chi connectivity index (χ3n) is 7.58. The molecule has 3 fully saturated rings. The Morgan fingerprint density at radius 3 is 2.29 bits per heavy atom. The van der Waals surface area contributed by atoms with E-state index in [9.17, 15) is 18.4 Å². The minimum absolute atomic E-state index is 0.0455. The number of carbonyl (C=O) groups excluding carboxylic acids is 2. The molecule has 3 heterocycles. The fraction of sp³-hybridized carbons (Fsp3) is 0.481. The lowest BCUT2D eigenvalue weighted by Crippen LogP contribution is -2.37. The molecule has 6 nitrogen and oxygen atoms in total. The predicted molar refractivity (Wildman–Crippen MR) is 127 cm³/mol. The molecule has 0 radical (unpaired) electrons. The van der Waals surface area contributed by atoms with Crippen molar-refractivity contribution in [3.05, 3.63) is 71.3 Å². The second-order valence-corrected chi connectivity index (χ2v) is 9.91. The smallest absolute Gasteiger partial charge is 0.259 e. The number of hydrogen-bond acceptors (Lipinski definition) is 4. The summed E-state index contributed by atoms with van der Waals surface area (Å²) >= 11 is 0. The number of likely N-dealkylation sites (tertiary alicyclic amines) is 2. The van der Waals surface area contributed by atoms with Crippen LogP contribution in [-0.2, 0) is 9.53 Å². The van der Waals surface area contributed by atoms with Gasteiger partial charge in [0.1, 0.15) is 17.2 Å². The van der Waals surface area contributed by atoms with Gasteiger partial charge in [-0.25, -0.2) is 8.78 Å². The molecule has 3 unspecified atom stereocenters. The monoisotopic (exact) mass is 483 g/mol. The molecule has 5 rings (SSSR count). The standard InChI is InChI=1S/C27H31F2N3O3/c28-22-7-4-8-23(29)25(22)27(34)32-15-20-13-31(14-21(20)16-32)11-9-24(18-5-2-1-3-6-18)30-26(33)19-10-12-35-17-19/h1-8,19-21,24H,9-17H2,(H,30,33)/t19?,20-,21?,24?/m0/s1. The highest BCUT2D eigenvalue weighted by atomic mass is 19.1. The minimum Gasteiger partial charge on any atom is -0.381 e. The van der Waals surface area contributed by atoms with E-state index in [1.807, 2.05) is 30.3 Å². The summed E-state index contributed by atoms with van der Waals surface area (Å²) in [4.78, 5) is 29.5. The van der Waals surface area contributed by atoms with Crippen LogP contribution in [0.25, 0.3) is 0 Å². The second-order valence-electron chi connectivity index (χ2n) is 9.91. The first-order chi connectivity index (χ1) is 17.0. The van der Waals surface area contributed by atoms with Crippen LogP contribution in [0.4, 0.5) is 8.78 Å². The van der Waals surface area contributed by atoms with Crippen molar-refractivity contribution in [2.75, 3.05) is 45.9 Å². The molecule has 0 spiro atoms. The van der Waals surface area contributed by atoms with Crippen LogP contribution in [0.1, 0.15) is 34.8 Å². The van der Waals surface area contributed by atoms with Gasteiger partial charge in [-0.1, -0.05) is 36.4 Å². The summed E-state index contributed by atoms with van der Waals surface area (Å²) in [6.07, 6.45) is 1.54. The number of carbonyl (C=O) groups is 2. The summed E-state index contributed by atoms with van der Waals surface area (Å²) in [5, 5.41) is 3.23. The molecule has 2 aromatic rings. The van der Waals surface area contributed by atoms with E-state index in [1.165, 1.54) is 6.07 Å². The van der Waals surface area contributed by atoms with Crippen molar-refractivity contribution in [2.45, 2.75) is 18.9 Å². The summed E-state index contributed by atoms with van der Waals surface area (Å²) in [7, 11) is 0. The zero-order valence-electron chi connectivity index (χ0n) is 19.7. The number of rotatable bonds is 7. The van der Waals surface area contributed by atoms with Gasteiger partial charge in [0.2, 0.25) is 5.91 Å². The maximum absolute atomic E-state index is 14.1. The van der Waals surface area contributed by atoms with Crippen LogP contribution < -0.4 is 5.32 Å². The van der Waals surface area contributed by atoms with Gasteiger partial charge in [-0.05, 0) is 42.4 Å². The quantitative estimate of drug-likeness (QED) is 0.657. The van der Waals surface area contributed by atoms with Crippen LogP contribution in [-0.4, -0.2) is 67.6 Å². The third kappa shape index (κ3) is 5.23. The topological polar surface area (TPSA) is 61.9 Å². The van der Waals surface area contributed by atoms with Crippen molar-refractivity contribution in [2.24, 2.45) is 17.8 Å². The van der Waals surface area contributed by atoms with Crippen LogP contribution in [0, 0.1) is 29.4 Å². The molecule has 0 bridgehead atoms. The Morgan fingerprint density at radius 2 is 1.66 bits per heavy atom. The molecule has 1 N–H and O–H groups in total. The van der Waals surface area contributed by atoms with Crippen molar-refractivity contribution in [3.8, 4) is 0 Å². The maximum atomic E-state index is 14.1. The molecule has 4 atom stereocenters. The Bertz CT molecular complexity index is 1030. The molecule has 3 aliphatic heterocycles. The summed E-state index contributed by atoms with van der Waals surface area (Å²) in [6, 6.07) is 13.5. The van der Waals surface area contributed by atoms with E-state index in [1.54, 1.807) is 4.90 Å². The molecule has 0 aromatic heterocycles. The number of benzene rings is 2. The molecule has 3 saturated heterocycles. The van der Waals surface area contributed by atoms with E-state index in [0.717, 1.165) is 50.2 Å². The average molecular weight is 484 g/mol. The number of ether oxygens (including phenoxy) is 1. The van der Waals surface area contributed by atoms with E-state index >= 15 is 0 Å². The molecule has 0 saturated carbocycles. The minimum atomic E-state index is -0.813. The lowest BCUT2D eigenvalue weighted by atomic mass is 10.0. The Kier molecular flexibility index (Phi) is 7.11. The highest BCUT2D eigenvalue weighted by Crippen LogP contribution is 2.33.